The van der Waals surface area contributed by atoms with Crippen LogP contribution in [0.4, 0.5) is 0 Å². The molecule has 0 saturated heterocycles. The first kappa shape index (κ1) is 24.2. The smallest absolute Gasteiger partial charge is 0.293 e. The molecule has 5 rings (SSSR count). The van der Waals surface area contributed by atoms with Crippen LogP contribution in [0.5, 0.6) is 0 Å². The van der Waals surface area contributed by atoms with Crippen molar-refractivity contribution in [2.24, 2.45) is 62.6 Å². The van der Waals surface area contributed by atoms with E-state index in [0.29, 0.717) is 46.1 Å². The zero-order valence-electron chi connectivity index (χ0n) is 22.8. The number of carbonyl (C=O) groups excluding carboxylic acids is 1. The van der Waals surface area contributed by atoms with E-state index in [9.17, 15) is 4.79 Å². The molecule has 0 N–H and O–H groups in total. The Balaban J connectivity index is 1.45. The van der Waals surface area contributed by atoms with Crippen LogP contribution in [0, 0.1) is 62.6 Å². The Bertz CT molecular complexity index is 773. The first-order valence-electron chi connectivity index (χ1n) is 14.5. The Hall–Kier alpha value is -0.530. The molecule has 0 aliphatic heterocycles. The quantitative estimate of drug-likeness (QED) is 0.398. The fraction of sp³-hybridized carbons (Fsp3) is 0.968. The minimum atomic E-state index is 0.477. The summed E-state index contributed by atoms with van der Waals surface area (Å²) in [5, 5.41) is 0. The molecule has 2 nitrogen and oxygen atoms in total. The van der Waals surface area contributed by atoms with Crippen LogP contribution in [0.15, 0.2) is 0 Å². The number of fused-ring (bicyclic) bond motifs is 7. The van der Waals surface area contributed by atoms with Crippen molar-refractivity contribution in [2.75, 3.05) is 6.61 Å². The SMILES string of the molecule is C[C@H](COC=O)[C@H]1CC[C@]2(C)[C@H]3CC[C@@H]4[C@@]5(C)CCCC(C)(C)[C@@H]5CC[C@@]4(C)[C@]3(C)CC[C@@H]12. The molecule has 0 aromatic rings. The Morgan fingerprint density at radius 2 is 1.39 bits per heavy atom. The number of carbonyl (C=O) groups is 1. The topological polar surface area (TPSA) is 26.3 Å². The van der Waals surface area contributed by atoms with Crippen molar-refractivity contribution < 1.29 is 9.53 Å². The monoisotopic (exact) mass is 456 g/mol. The van der Waals surface area contributed by atoms with Crippen LogP contribution in [0.25, 0.3) is 0 Å². The molecule has 188 valence electrons. The van der Waals surface area contributed by atoms with Crippen molar-refractivity contribution in [3.8, 4) is 0 Å². The summed E-state index contributed by atoms with van der Waals surface area (Å²) in [6, 6.07) is 0. The van der Waals surface area contributed by atoms with Crippen LogP contribution in [0.1, 0.15) is 119 Å². The standard InChI is InChI=1S/C31H52O2/c1-21(19-33-20-32)22-11-16-28(4)23(22)12-17-30(6)25(28)9-10-26-29(5)15-8-14-27(2,3)24(29)13-18-31(26,30)7/h20-26H,8-19H2,1-7H3/t21-,22-,23+,24+,25-,26-,28+,29+,30-,31-/m1/s1. The van der Waals surface area contributed by atoms with Crippen molar-refractivity contribution in [2.45, 2.75) is 119 Å². The third-order valence-electron chi connectivity index (χ3n) is 13.9. The molecule has 0 amide bonds. The summed E-state index contributed by atoms with van der Waals surface area (Å²) in [6.07, 6.45) is 15.7. The second kappa shape index (κ2) is 7.73. The maximum atomic E-state index is 10.8. The fourth-order valence-electron chi connectivity index (χ4n) is 12.3. The molecule has 5 aliphatic rings. The van der Waals surface area contributed by atoms with Gasteiger partial charge in [-0.25, -0.2) is 0 Å². The summed E-state index contributed by atoms with van der Waals surface area (Å²) < 4.78 is 5.23. The molecule has 0 bridgehead atoms. The molecule has 0 radical (unpaired) electrons. The molecule has 0 heterocycles. The van der Waals surface area contributed by atoms with Gasteiger partial charge in [-0.2, -0.15) is 0 Å². The Kier molecular flexibility index (Phi) is 5.67. The molecule has 2 heteroatoms. The molecular formula is C31H52O2. The van der Waals surface area contributed by atoms with Gasteiger partial charge in [0.15, 0.2) is 0 Å². The van der Waals surface area contributed by atoms with E-state index in [0.717, 1.165) is 29.6 Å². The van der Waals surface area contributed by atoms with Gasteiger partial charge in [0.2, 0.25) is 0 Å². The van der Waals surface area contributed by atoms with Crippen molar-refractivity contribution in [1.82, 2.24) is 0 Å². The number of ether oxygens (including phenoxy) is 1. The maximum Gasteiger partial charge on any atom is 0.293 e. The molecule has 10 atom stereocenters. The lowest BCUT2D eigenvalue weighted by Crippen LogP contribution is -2.65. The number of hydrogen-bond acceptors (Lipinski definition) is 2. The van der Waals surface area contributed by atoms with Crippen molar-refractivity contribution in [3.05, 3.63) is 0 Å². The van der Waals surface area contributed by atoms with E-state index in [1.807, 2.05) is 0 Å². The summed E-state index contributed by atoms with van der Waals surface area (Å²) >= 11 is 0. The van der Waals surface area contributed by atoms with Crippen LogP contribution < -0.4 is 0 Å². The van der Waals surface area contributed by atoms with E-state index in [1.165, 1.54) is 70.6 Å². The fourth-order valence-corrected chi connectivity index (χ4v) is 12.3. The predicted octanol–water partition coefficient (Wildman–Crippen LogP) is 8.29. The van der Waals surface area contributed by atoms with Crippen molar-refractivity contribution >= 4 is 6.47 Å². The minimum Gasteiger partial charge on any atom is -0.468 e. The van der Waals surface area contributed by atoms with Gasteiger partial charge in [0, 0.05) is 0 Å². The zero-order chi connectivity index (χ0) is 23.9. The van der Waals surface area contributed by atoms with Gasteiger partial charge in [-0.3, -0.25) is 4.79 Å². The lowest BCUT2D eigenvalue weighted by molar-refractivity contribution is -0.241. The van der Waals surface area contributed by atoms with Crippen LogP contribution in [-0.2, 0) is 9.53 Å². The highest BCUT2D eigenvalue weighted by atomic mass is 16.5. The van der Waals surface area contributed by atoms with Gasteiger partial charge in [-0.05, 0) is 127 Å². The first-order valence-corrected chi connectivity index (χ1v) is 14.5. The molecule has 0 aromatic carbocycles. The molecule has 5 fully saturated rings. The normalized spacial score (nSPS) is 53.7. The highest BCUT2D eigenvalue weighted by Gasteiger charge is 2.70. The third kappa shape index (κ3) is 3.13. The molecule has 0 spiro atoms. The molecule has 0 aromatic heterocycles. The molecule has 5 saturated carbocycles. The predicted molar refractivity (Wildman–Crippen MR) is 136 cm³/mol. The van der Waals surface area contributed by atoms with Crippen molar-refractivity contribution in [1.29, 1.82) is 0 Å². The molecular weight excluding hydrogens is 404 g/mol. The number of hydrogen-bond donors (Lipinski definition) is 0. The largest absolute Gasteiger partial charge is 0.468 e. The maximum absolute atomic E-state index is 10.8. The minimum absolute atomic E-state index is 0.477. The van der Waals surface area contributed by atoms with E-state index in [4.69, 9.17) is 4.74 Å². The lowest BCUT2D eigenvalue weighted by atomic mass is 9.32. The zero-order valence-corrected chi connectivity index (χ0v) is 22.8. The van der Waals surface area contributed by atoms with Gasteiger partial charge in [0.1, 0.15) is 0 Å². The second-order valence-corrected chi connectivity index (χ2v) is 15.2. The third-order valence-corrected chi connectivity index (χ3v) is 13.9. The van der Waals surface area contributed by atoms with E-state index < -0.39 is 0 Å². The molecule has 5 aliphatic carbocycles. The lowest BCUT2D eigenvalue weighted by Gasteiger charge is -2.73. The van der Waals surface area contributed by atoms with Gasteiger partial charge in [0.25, 0.3) is 6.47 Å². The van der Waals surface area contributed by atoms with Crippen LogP contribution in [0.3, 0.4) is 0 Å². The van der Waals surface area contributed by atoms with E-state index in [2.05, 4.69) is 48.5 Å². The summed E-state index contributed by atoms with van der Waals surface area (Å²) in [5.41, 5.74) is 2.51. The summed E-state index contributed by atoms with van der Waals surface area (Å²) in [7, 11) is 0. The van der Waals surface area contributed by atoms with Crippen LogP contribution >= 0.6 is 0 Å². The highest BCUT2D eigenvalue weighted by Crippen LogP contribution is 2.78. The Morgan fingerprint density at radius 3 is 2.06 bits per heavy atom. The second-order valence-electron chi connectivity index (χ2n) is 15.2. The van der Waals surface area contributed by atoms with Gasteiger partial charge in [0.05, 0.1) is 6.61 Å². The Labute approximate surface area is 204 Å². The highest BCUT2D eigenvalue weighted by molar-refractivity contribution is 5.36. The summed E-state index contributed by atoms with van der Waals surface area (Å²) in [6.45, 7) is 19.7. The number of rotatable bonds is 4. The summed E-state index contributed by atoms with van der Waals surface area (Å²) in [5.74, 6) is 4.74. The van der Waals surface area contributed by atoms with Gasteiger partial charge in [-0.1, -0.05) is 54.9 Å². The van der Waals surface area contributed by atoms with Crippen molar-refractivity contribution in [3.63, 3.8) is 0 Å². The first-order chi connectivity index (χ1) is 15.4. The van der Waals surface area contributed by atoms with Crippen LogP contribution in [0.2, 0.25) is 0 Å². The van der Waals surface area contributed by atoms with Gasteiger partial charge < -0.3 is 4.74 Å². The Morgan fingerprint density at radius 1 is 0.758 bits per heavy atom. The van der Waals surface area contributed by atoms with E-state index in [1.54, 1.807) is 0 Å². The van der Waals surface area contributed by atoms with E-state index >= 15 is 0 Å². The molecule has 33 heavy (non-hydrogen) atoms. The summed E-state index contributed by atoms with van der Waals surface area (Å²) in [4.78, 5) is 10.8. The van der Waals surface area contributed by atoms with E-state index in [-0.39, 0.29) is 0 Å². The van der Waals surface area contributed by atoms with Gasteiger partial charge >= 0.3 is 0 Å². The average Bonchev–Trinajstić information content (AvgIpc) is 3.09. The van der Waals surface area contributed by atoms with Gasteiger partial charge in [-0.15, -0.1) is 0 Å². The molecule has 0 unspecified atom stereocenters. The van der Waals surface area contributed by atoms with Crippen LogP contribution in [-0.4, -0.2) is 13.1 Å². The average molecular weight is 457 g/mol.